The number of halogens is 2. The molecule has 0 unspecified atom stereocenters. The minimum absolute atomic E-state index is 0. The molecule has 4 nitrogen and oxygen atoms in total. The van der Waals surface area contributed by atoms with Crippen molar-refractivity contribution in [2.45, 2.75) is 19.9 Å². The SMILES string of the molecule is CC(C)[C@H](N)C(=O)NCCSCCOc1cccc(Br)c1.Cl. The van der Waals surface area contributed by atoms with Gasteiger partial charge in [-0.1, -0.05) is 35.8 Å². The molecule has 0 aliphatic carbocycles. The molecule has 22 heavy (non-hydrogen) atoms. The molecule has 1 aromatic carbocycles. The van der Waals surface area contributed by atoms with Crippen LogP contribution < -0.4 is 15.8 Å². The highest BCUT2D eigenvalue weighted by molar-refractivity contribution is 9.10. The van der Waals surface area contributed by atoms with Gasteiger partial charge in [-0.15, -0.1) is 12.4 Å². The van der Waals surface area contributed by atoms with Crippen molar-refractivity contribution >= 4 is 46.0 Å². The number of carbonyl (C=O) groups excluding carboxylic acids is 1. The molecule has 1 aromatic rings. The number of nitrogens with one attached hydrogen (secondary N) is 1. The van der Waals surface area contributed by atoms with E-state index in [-0.39, 0.29) is 24.2 Å². The molecule has 3 N–H and O–H groups in total. The molecule has 1 amide bonds. The van der Waals surface area contributed by atoms with Gasteiger partial charge in [0.2, 0.25) is 5.91 Å². The van der Waals surface area contributed by atoms with Crippen molar-refractivity contribution in [3.8, 4) is 5.75 Å². The van der Waals surface area contributed by atoms with Crippen LogP contribution in [-0.4, -0.2) is 36.6 Å². The Morgan fingerprint density at radius 1 is 1.41 bits per heavy atom. The summed E-state index contributed by atoms with van der Waals surface area (Å²) >= 11 is 5.15. The van der Waals surface area contributed by atoms with Gasteiger partial charge in [-0.05, 0) is 24.1 Å². The second-order valence-electron chi connectivity index (χ2n) is 4.98. The van der Waals surface area contributed by atoms with Crippen LogP contribution >= 0.6 is 40.1 Å². The van der Waals surface area contributed by atoms with Crippen LogP contribution in [0.15, 0.2) is 28.7 Å². The molecule has 0 spiro atoms. The fraction of sp³-hybridized carbons (Fsp3) is 0.533. The van der Waals surface area contributed by atoms with Crippen LogP contribution in [0, 0.1) is 5.92 Å². The highest BCUT2D eigenvalue weighted by Crippen LogP contribution is 2.17. The van der Waals surface area contributed by atoms with Crippen LogP contribution in [0.2, 0.25) is 0 Å². The maximum atomic E-state index is 11.6. The molecule has 1 atom stereocenters. The Labute approximate surface area is 151 Å². The topological polar surface area (TPSA) is 64.4 Å². The lowest BCUT2D eigenvalue weighted by molar-refractivity contribution is -0.123. The molecule has 0 aromatic heterocycles. The normalized spacial score (nSPS) is 11.7. The first-order valence-electron chi connectivity index (χ1n) is 7.00. The summed E-state index contributed by atoms with van der Waals surface area (Å²) in [6.07, 6.45) is 0. The lowest BCUT2D eigenvalue weighted by Gasteiger charge is -2.15. The largest absolute Gasteiger partial charge is 0.493 e. The molecular formula is C15H24BrClN2O2S. The minimum atomic E-state index is -0.421. The molecule has 0 saturated carbocycles. The van der Waals surface area contributed by atoms with E-state index in [2.05, 4.69) is 21.2 Å². The van der Waals surface area contributed by atoms with E-state index in [1.165, 1.54) is 0 Å². The Hall–Kier alpha value is -0.430. The molecule has 7 heteroatoms. The van der Waals surface area contributed by atoms with Gasteiger partial charge >= 0.3 is 0 Å². The lowest BCUT2D eigenvalue weighted by Crippen LogP contribution is -2.44. The van der Waals surface area contributed by atoms with Gasteiger partial charge in [0.15, 0.2) is 0 Å². The summed E-state index contributed by atoms with van der Waals surface area (Å²) in [6.45, 7) is 5.18. The monoisotopic (exact) mass is 410 g/mol. The number of benzene rings is 1. The third-order valence-electron chi connectivity index (χ3n) is 2.86. The van der Waals surface area contributed by atoms with Crippen molar-refractivity contribution in [3.63, 3.8) is 0 Å². The van der Waals surface area contributed by atoms with E-state index in [1.54, 1.807) is 11.8 Å². The number of hydrogen-bond acceptors (Lipinski definition) is 4. The molecule has 0 heterocycles. The van der Waals surface area contributed by atoms with Crippen molar-refractivity contribution in [1.29, 1.82) is 0 Å². The fourth-order valence-corrected chi connectivity index (χ4v) is 2.57. The molecule has 0 bridgehead atoms. The molecule has 0 aliphatic heterocycles. The summed E-state index contributed by atoms with van der Waals surface area (Å²) < 4.78 is 6.64. The number of thioether (sulfide) groups is 1. The fourth-order valence-electron chi connectivity index (χ4n) is 1.54. The number of nitrogens with two attached hydrogens (primary N) is 1. The lowest BCUT2D eigenvalue weighted by atomic mass is 10.1. The Kier molecular flexibility index (Phi) is 11.8. The van der Waals surface area contributed by atoms with Crippen LogP contribution in [0.3, 0.4) is 0 Å². The zero-order valence-electron chi connectivity index (χ0n) is 12.9. The Morgan fingerprint density at radius 3 is 2.77 bits per heavy atom. The van der Waals surface area contributed by atoms with E-state index in [0.717, 1.165) is 21.7 Å². The number of ether oxygens (including phenoxy) is 1. The average molecular weight is 412 g/mol. The summed E-state index contributed by atoms with van der Waals surface area (Å²) in [7, 11) is 0. The van der Waals surface area contributed by atoms with E-state index < -0.39 is 6.04 Å². The molecule has 0 aliphatic rings. The quantitative estimate of drug-likeness (QED) is 0.613. The van der Waals surface area contributed by atoms with Crippen molar-refractivity contribution in [2.24, 2.45) is 11.7 Å². The van der Waals surface area contributed by atoms with E-state index in [0.29, 0.717) is 13.2 Å². The van der Waals surface area contributed by atoms with Crippen LogP contribution in [-0.2, 0) is 4.79 Å². The van der Waals surface area contributed by atoms with Gasteiger partial charge in [-0.2, -0.15) is 11.8 Å². The van der Waals surface area contributed by atoms with Crippen LogP contribution in [0.25, 0.3) is 0 Å². The van der Waals surface area contributed by atoms with Gasteiger partial charge in [0.05, 0.1) is 12.6 Å². The van der Waals surface area contributed by atoms with Crippen LogP contribution in [0.5, 0.6) is 5.75 Å². The number of amides is 1. The van der Waals surface area contributed by atoms with E-state index >= 15 is 0 Å². The first kappa shape index (κ1) is 21.6. The van der Waals surface area contributed by atoms with Gasteiger partial charge in [0, 0.05) is 22.5 Å². The third-order valence-corrected chi connectivity index (χ3v) is 4.30. The van der Waals surface area contributed by atoms with Crippen molar-refractivity contribution in [1.82, 2.24) is 5.32 Å². The highest BCUT2D eigenvalue weighted by Gasteiger charge is 2.15. The summed E-state index contributed by atoms with van der Waals surface area (Å²) in [5.74, 6) is 2.70. The second kappa shape index (κ2) is 12.0. The smallest absolute Gasteiger partial charge is 0.237 e. The second-order valence-corrected chi connectivity index (χ2v) is 7.12. The minimum Gasteiger partial charge on any atom is -0.493 e. The molecule has 0 fully saturated rings. The standard InChI is InChI=1S/C15H23BrN2O2S.ClH/c1-11(2)14(17)15(19)18-6-8-21-9-7-20-13-5-3-4-12(16)10-13;/h3-5,10-11,14H,6-9,17H2,1-2H3,(H,18,19);1H/t14-;/m0./s1. The maximum absolute atomic E-state index is 11.6. The van der Waals surface area contributed by atoms with Gasteiger partial charge in [-0.25, -0.2) is 0 Å². The highest BCUT2D eigenvalue weighted by atomic mass is 79.9. The number of hydrogen-bond donors (Lipinski definition) is 2. The molecule has 0 saturated heterocycles. The first-order valence-corrected chi connectivity index (χ1v) is 8.95. The third kappa shape index (κ3) is 8.88. The van der Waals surface area contributed by atoms with Crippen LogP contribution in [0.4, 0.5) is 0 Å². The predicted octanol–water partition coefficient (Wildman–Crippen LogP) is 3.08. The van der Waals surface area contributed by atoms with Crippen molar-refractivity contribution < 1.29 is 9.53 Å². The number of rotatable bonds is 9. The Morgan fingerprint density at radius 2 is 2.14 bits per heavy atom. The summed E-state index contributed by atoms with van der Waals surface area (Å²) in [4.78, 5) is 11.6. The maximum Gasteiger partial charge on any atom is 0.237 e. The first-order chi connectivity index (χ1) is 10.0. The van der Waals surface area contributed by atoms with Gasteiger partial charge in [0.1, 0.15) is 5.75 Å². The zero-order chi connectivity index (χ0) is 15.7. The number of carbonyl (C=O) groups is 1. The van der Waals surface area contributed by atoms with Crippen molar-refractivity contribution in [2.75, 3.05) is 24.7 Å². The van der Waals surface area contributed by atoms with E-state index in [9.17, 15) is 4.79 Å². The molecule has 126 valence electrons. The van der Waals surface area contributed by atoms with Gasteiger partial charge in [-0.3, -0.25) is 4.79 Å². The van der Waals surface area contributed by atoms with Gasteiger partial charge < -0.3 is 15.8 Å². The Bertz CT molecular complexity index is 449. The van der Waals surface area contributed by atoms with Crippen molar-refractivity contribution in [3.05, 3.63) is 28.7 Å². The average Bonchev–Trinajstić information content (AvgIpc) is 2.45. The molecule has 0 radical (unpaired) electrons. The molecular weight excluding hydrogens is 388 g/mol. The molecule has 1 rings (SSSR count). The van der Waals surface area contributed by atoms with E-state index in [4.69, 9.17) is 10.5 Å². The van der Waals surface area contributed by atoms with Gasteiger partial charge in [0.25, 0.3) is 0 Å². The zero-order valence-corrected chi connectivity index (χ0v) is 16.1. The Balaban J connectivity index is 0.00000441. The predicted molar refractivity (Wildman–Crippen MR) is 100 cm³/mol. The summed E-state index contributed by atoms with van der Waals surface area (Å²) in [5, 5.41) is 2.85. The summed E-state index contributed by atoms with van der Waals surface area (Å²) in [6, 6.07) is 7.36. The summed E-state index contributed by atoms with van der Waals surface area (Å²) in [5.41, 5.74) is 5.76. The van der Waals surface area contributed by atoms with E-state index in [1.807, 2.05) is 38.1 Å². The van der Waals surface area contributed by atoms with Crippen LogP contribution in [0.1, 0.15) is 13.8 Å².